The molecule has 0 aliphatic heterocycles. The molecule has 0 aromatic carbocycles. The Bertz CT molecular complexity index is 264. The average molecular weight is 275 g/mol. The third kappa shape index (κ3) is 8.08. The van der Waals surface area contributed by atoms with Gasteiger partial charge in [0.25, 0.3) is 0 Å². The Morgan fingerprint density at radius 3 is 2.67 bits per heavy atom. The van der Waals surface area contributed by atoms with Gasteiger partial charge in [0.1, 0.15) is 0 Å². The summed E-state index contributed by atoms with van der Waals surface area (Å²) in [6.45, 7) is 3.51. The van der Waals surface area contributed by atoms with Gasteiger partial charge in [-0.1, -0.05) is 6.92 Å². The lowest BCUT2D eigenvalue weighted by Gasteiger charge is -2.17. The highest BCUT2D eigenvalue weighted by Gasteiger charge is 2.15. The van der Waals surface area contributed by atoms with Gasteiger partial charge in [0, 0.05) is 37.1 Å². The monoisotopic (exact) mass is 275 g/mol. The molecule has 0 saturated carbocycles. The van der Waals surface area contributed by atoms with E-state index in [0.717, 1.165) is 5.75 Å². The zero-order valence-electron chi connectivity index (χ0n) is 10.8. The second kappa shape index (κ2) is 11.0. The zero-order chi connectivity index (χ0) is 13.8. The standard InChI is InChI=1S/C11H21N3O3S/c1-10(18-6-4-13-8-15)7-11(17)14(9-16)5-3-12-2/h8-10,12H,3-7H2,1-2H3,(H,13,15). The van der Waals surface area contributed by atoms with E-state index < -0.39 is 0 Å². The lowest BCUT2D eigenvalue weighted by Crippen LogP contribution is -2.36. The molecule has 0 spiro atoms. The van der Waals surface area contributed by atoms with Gasteiger partial charge in [-0.05, 0) is 7.05 Å². The van der Waals surface area contributed by atoms with Gasteiger partial charge in [-0.25, -0.2) is 0 Å². The number of amides is 3. The van der Waals surface area contributed by atoms with Crippen LogP contribution in [0.2, 0.25) is 0 Å². The largest absolute Gasteiger partial charge is 0.358 e. The fourth-order valence-electron chi connectivity index (χ4n) is 1.27. The molecule has 0 aliphatic rings. The summed E-state index contributed by atoms with van der Waals surface area (Å²) in [5.74, 6) is 0.591. The number of rotatable bonds is 11. The molecule has 0 bridgehead atoms. The predicted molar refractivity (Wildman–Crippen MR) is 72.3 cm³/mol. The molecule has 0 saturated heterocycles. The van der Waals surface area contributed by atoms with Crippen molar-refractivity contribution in [2.75, 3.05) is 32.4 Å². The highest BCUT2D eigenvalue weighted by atomic mass is 32.2. The number of carbonyl (C=O) groups excluding carboxylic acids is 3. The number of imide groups is 1. The second-order valence-corrected chi connectivity index (χ2v) is 5.30. The van der Waals surface area contributed by atoms with E-state index in [1.54, 1.807) is 18.8 Å². The lowest BCUT2D eigenvalue weighted by molar-refractivity contribution is -0.138. The molecule has 0 aromatic heterocycles. The van der Waals surface area contributed by atoms with Crippen LogP contribution in [0.1, 0.15) is 13.3 Å². The first-order chi connectivity index (χ1) is 8.65. The van der Waals surface area contributed by atoms with Crippen LogP contribution in [-0.4, -0.2) is 61.3 Å². The Kier molecular flexibility index (Phi) is 10.4. The Morgan fingerprint density at radius 1 is 1.39 bits per heavy atom. The summed E-state index contributed by atoms with van der Waals surface area (Å²) in [4.78, 5) is 33.7. The van der Waals surface area contributed by atoms with Crippen LogP contribution in [0.15, 0.2) is 0 Å². The van der Waals surface area contributed by atoms with Crippen molar-refractivity contribution in [3.05, 3.63) is 0 Å². The van der Waals surface area contributed by atoms with E-state index in [-0.39, 0.29) is 11.2 Å². The summed E-state index contributed by atoms with van der Waals surface area (Å²) in [6, 6.07) is 0. The van der Waals surface area contributed by atoms with Crippen molar-refractivity contribution in [2.45, 2.75) is 18.6 Å². The molecule has 3 amide bonds. The normalized spacial score (nSPS) is 11.7. The van der Waals surface area contributed by atoms with E-state index in [1.807, 2.05) is 6.92 Å². The summed E-state index contributed by atoms with van der Waals surface area (Å²) in [5.41, 5.74) is 0. The Balaban J connectivity index is 3.88. The van der Waals surface area contributed by atoms with Gasteiger partial charge in [0.2, 0.25) is 18.7 Å². The third-order valence-corrected chi connectivity index (χ3v) is 3.42. The molecule has 18 heavy (non-hydrogen) atoms. The van der Waals surface area contributed by atoms with Gasteiger partial charge in [0.15, 0.2) is 0 Å². The van der Waals surface area contributed by atoms with Crippen molar-refractivity contribution >= 4 is 30.5 Å². The van der Waals surface area contributed by atoms with Crippen LogP contribution < -0.4 is 10.6 Å². The first-order valence-electron chi connectivity index (χ1n) is 5.83. The maximum absolute atomic E-state index is 11.8. The van der Waals surface area contributed by atoms with E-state index in [0.29, 0.717) is 38.9 Å². The molecule has 0 aromatic rings. The lowest BCUT2D eigenvalue weighted by atomic mass is 10.3. The summed E-state index contributed by atoms with van der Waals surface area (Å²) >= 11 is 1.60. The zero-order valence-corrected chi connectivity index (χ0v) is 11.7. The minimum atomic E-state index is -0.163. The minimum absolute atomic E-state index is 0.128. The molecule has 0 aliphatic carbocycles. The van der Waals surface area contributed by atoms with Crippen molar-refractivity contribution in [1.29, 1.82) is 0 Å². The van der Waals surface area contributed by atoms with Crippen molar-refractivity contribution in [2.24, 2.45) is 0 Å². The first-order valence-corrected chi connectivity index (χ1v) is 6.88. The van der Waals surface area contributed by atoms with Crippen LogP contribution in [0.3, 0.4) is 0 Å². The van der Waals surface area contributed by atoms with E-state index in [2.05, 4.69) is 10.6 Å². The molecule has 7 heteroatoms. The van der Waals surface area contributed by atoms with Crippen LogP contribution >= 0.6 is 11.8 Å². The average Bonchev–Trinajstić information content (AvgIpc) is 2.35. The molecule has 0 rings (SSSR count). The van der Waals surface area contributed by atoms with Gasteiger partial charge in [-0.15, -0.1) is 0 Å². The molecule has 2 N–H and O–H groups in total. The third-order valence-electron chi connectivity index (χ3n) is 2.24. The highest BCUT2D eigenvalue weighted by molar-refractivity contribution is 7.99. The molecule has 1 unspecified atom stereocenters. The number of nitrogens with one attached hydrogen (secondary N) is 2. The molecular weight excluding hydrogens is 254 g/mol. The van der Waals surface area contributed by atoms with Gasteiger partial charge >= 0.3 is 0 Å². The number of hydrogen-bond acceptors (Lipinski definition) is 5. The fraction of sp³-hybridized carbons (Fsp3) is 0.727. The molecule has 0 heterocycles. The Morgan fingerprint density at radius 2 is 2.11 bits per heavy atom. The number of likely N-dealkylation sites (N-methyl/N-ethyl adjacent to an activating group) is 1. The van der Waals surface area contributed by atoms with Crippen molar-refractivity contribution in [3.63, 3.8) is 0 Å². The van der Waals surface area contributed by atoms with Gasteiger partial charge < -0.3 is 10.6 Å². The van der Waals surface area contributed by atoms with Gasteiger partial charge in [0.05, 0.1) is 0 Å². The maximum atomic E-state index is 11.8. The summed E-state index contributed by atoms with van der Waals surface area (Å²) < 4.78 is 0. The van der Waals surface area contributed by atoms with Crippen LogP contribution in [0, 0.1) is 0 Å². The minimum Gasteiger partial charge on any atom is -0.358 e. The topological polar surface area (TPSA) is 78.5 Å². The molecule has 0 fully saturated rings. The number of nitrogens with zero attached hydrogens (tertiary/aromatic N) is 1. The van der Waals surface area contributed by atoms with Crippen LogP contribution in [-0.2, 0) is 14.4 Å². The molecule has 104 valence electrons. The van der Waals surface area contributed by atoms with Crippen LogP contribution in [0.5, 0.6) is 0 Å². The van der Waals surface area contributed by atoms with E-state index in [1.165, 1.54) is 4.90 Å². The Hall–Kier alpha value is -1.08. The summed E-state index contributed by atoms with van der Waals surface area (Å²) in [5, 5.41) is 5.58. The fourth-order valence-corrected chi connectivity index (χ4v) is 2.17. The first kappa shape index (κ1) is 16.9. The number of carbonyl (C=O) groups is 3. The summed E-state index contributed by atoms with van der Waals surface area (Å²) in [7, 11) is 1.77. The van der Waals surface area contributed by atoms with Crippen molar-refractivity contribution in [3.8, 4) is 0 Å². The SMILES string of the molecule is CNCCN(C=O)C(=O)CC(C)SCCNC=O. The Labute approximate surface area is 112 Å². The quantitative estimate of drug-likeness (QED) is 0.391. The van der Waals surface area contributed by atoms with Crippen LogP contribution in [0.4, 0.5) is 0 Å². The number of hydrogen-bond donors (Lipinski definition) is 2. The smallest absolute Gasteiger partial charge is 0.230 e. The molecule has 1 atom stereocenters. The van der Waals surface area contributed by atoms with Crippen molar-refractivity contribution < 1.29 is 14.4 Å². The summed E-state index contributed by atoms with van der Waals surface area (Å²) in [6.07, 6.45) is 1.56. The van der Waals surface area contributed by atoms with Gasteiger partial charge in [-0.3, -0.25) is 19.3 Å². The molecular formula is C11H21N3O3S. The van der Waals surface area contributed by atoms with E-state index in [4.69, 9.17) is 0 Å². The maximum Gasteiger partial charge on any atom is 0.230 e. The predicted octanol–water partition coefficient (Wildman–Crippen LogP) is -0.551. The van der Waals surface area contributed by atoms with E-state index in [9.17, 15) is 14.4 Å². The van der Waals surface area contributed by atoms with Gasteiger partial charge in [-0.2, -0.15) is 11.8 Å². The molecule has 6 nitrogen and oxygen atoms in total. The molecule has 0 radical (unpaired) electrons. The second-order valence-electron chi connectivity index (χ2n) is 3.75. The van der Waals surface area contributed by atoms with Crippen LogP contribution in [0.25, 0.3) is 0 Å². The van der Waals surface area contributed by atoms with E-state index >= 15 is 0 Å². The highest BCUT2D eigenvalue weighted by Crippen LogP contribution is 2.14. The van der Waals surface area contributed by atoms with Crippen molar-refractivity contribution in [1.82, 2.24) is 15.5 Å². The number of thioether (sulfide) groups is 1.